The van der Waals surface area contributed by atoms with E-state index in [0.717, 1.165) is 13.0 Å². The molecule has 0 bridgehead atoms. The number of benzene rings is 1. The van der Waals surface area contributed by atoms with Crippen molar-refractivity contribution in [3.63, 3.8) is 0 Å². The second-order valence-corrected chi connectivity index (χ2v) is 6.22. The van der Waals surface area contributed by atoms with Gasteiger partial charge in [-0.1, -0.05) is 23.2 Å². The molecule has 0 N–H and O–H groups in total. The zero-order valence-electron chi connectivity index (χ0n) is 13.6. The van der Waals surface area contributed by atoms with Crippen LogP contribution in [-0.2, 0) is 9.53 Å². The van der Waals surface area contributed by atoms with Gasteiger partial charge in [0.25, 0.3) is 5.91 Å². The molecule has 0 aliphatic rings. The predicted molar refractivity (Wildman–Crippen MR) is 92.2 cm³/mol. The zero-order chi connectivity index (χ0) is 17.4. The van der Waals surface area contributed by atoms with Crippen molar-refractivity contribution < 1.29 is 14.3 Å². The van der Waals surface area contributed by atoms with Crippen LogP contribution in [0.3, 0.4) is 0 Å². The zero-order valence-corrected chi connectivity index (χ0v) is 15.2. The number of hydrogen-bond donors (Lipinski definition) is 0. The summed E-state index contributed by atoms with van der Waals surface area (Å²) >= 11 is 11.9. The molecule has 0 heterocycles. The van der Waals surface area contributed by atoms with Crippen LogP contribution in [0.4, 0.5) is 0 Å². The van der Waals surface area contributed by atoms with E-state index in [-0.39, 0.29) is 18.3 Å². The lowest BCUT2D eigenvalue weighted by Gasteiger charge is -2.23. The number of ether oxygens (including phenoxy) is 1. The van der Waals surface area contributed by atoms with Crippen LogP contribution in [-0.4, -0.2) is 62.5 Å². The van der Waals surface area contributed by atoms with Crippen LogP contribution in [0.5, 0.6) is 0 Å². The number of esters is 1. The van der Waals surface area contributed by atoms with E-state index in [2.05, 4.69) is 4.74 Å². The Balaban J connectivity index is 2.80. The van der Waals surface area contributed by atoms with Crippen LogP contribution in [0.1, 0.15) is 23.2 Å². The van der Waals surface area contributed by atoms with Crippen molar-refractivity contribution in [3.8, 4) is 0 Å². The average Bonchev–Trinajstić information content (AvgIpc) is 2.51. The highest BCUT2D eigenvalue weighted by Crippen LogP contribution is 2.23. The molecule has 1 amide bonds. The van der Waals surface area contributed by atoms with Gasteiger partial charge < -0.3 is 14.5 Å². The van der Waals surface area contributed by atoms with E-state index in [1.54, 1.807) is 23.1 Å². The van der Waals surface area contributed by atoms with Gasteiger partial charge in [-0.25, -0.2) is 0 Å². The van der Waals surface area contributed by atoms with Crippen molar-refractivity contribution in [1.82, 2.24) is 9.80 Å². The van der Waals surface area contributed by atoms with Crippen molar-refractivity contribution in [1.29, 1.82) is 0 Å². The summed E-state index contributed by atoms with van der Waals surface area (Å²) in [4.78, 5) is 27.7. The molecule has 0 unspecified atom stereocenters. The van der Waals surface area contributed by atoms with Crippen molar-refractivity contribution >= 4 is 35.1 Å². The van der Waals surface area contributed by atoms with Gasteiger partial charge in [-0.2, -0.15) is 0 Å². The number of halogens is 2. The van der Waals surface area contributed by atoms with Gasteiger partial charge in [0.05, 0.1) is 23.6 Å². The Morgan fingerprint density at radius 2 is 1.78 bits per heavy atom. The number of nitrogens with zero attached hydrogens (tertiary/aromatic N) is 2. The third-order valence-corrected chi connectivity index (χ3v) is 4.04. The Bertz CT molecular complexity index is 550. The highest BCUT2D eigenvalue weighted by molar-refractivity contribution is 6.42. The monoisotopic (exact) mass is 360 g/mol. The van der Waals surface area contributed by atoms with Gasteiger partial charge in [-0.05, 0) is 45.3 Å². The highest BCUT2D eigenvalue weighted by atomic mass is 35.5. The van der Waals surface area contributed by atoms with E-state index in [1.165, 1.54) is 7.11 Å². The van der Waals surface area contributed by atoms with Crippen molar-refractivity contribution in [2.24, 2.45) is 0 Å². The Morgan fingerprint density at radius 3 is 2.35 bits per heavy atom. The summed E-state index contributed by atoms with van der Waals surface area (Å²) in [5, 5.41) is 0.732. The lowest BCUT2D eigenvalue weighted by atomic mass is 10.2. The predicted octanol–water partition coefficient (Wildman–Crippen LogP) is 2.95. The lowest BCUT2D eigenvalue weighted by molar-refractivity contribution is -0.140. The molecular weight excluding hydrogens is 339 g/mol. The number of rotatable bonds is 8. The van der Waals surface area contributed by atoms with Gasteiger partial charge >= 0.3 is 5.97 Å². The Labute approximate surface area is 147 Å². The van der Waals surface area contributed by atoms with E-state index in [1.807, 2.05) is 19.0 Å². The van der Waals surface area contributed by atoms with Crippen LogP contribution >= 0.6 is 23.2 Å². The van der Waals surface area contributed by atoms with Gasteiger partial charge in [0.1, 0.15) is 0 Å². The minimum atomic E-state index is -0.343. The molecule has 1 aromatic carbocycles. The fourth-order valence-corrected chi connectivity index (χ4v) is 2.33. The molecular formula is C16H22Cl2N2O3. The second-order valence-electron chi connectivity index (χ2n) is 5.40. The Hall–Kier alpha value is -1.30. The topological polar surface area (TPSA) is 49.9 Å². The smallest absolute Gasteiger partial charge is 0.307 e. The van der Waals surface area contributed by atoms with Gasteiger partial charge in [-0.15, -0.1) is 0 Å². The van der Waals surface area contributed by atoms with E-state index in [9.17, 15) is 9.59 Å². The van der Waals surface area contributed by atoms with Gasteiger partial charge in [0.15, 0.2) is 0 Å². The first-order chi connectivity index (χ1) is 10.8. The molecule has 0 radical (unpaired) electrons. The van der Waals surface area contributed by atoms with E-state index in [4.69, 9.17) is 23.2 Å². The molecule has 0 fully saturated rings. The van der Waals surface area contributed by atoms with Crippen molar-refractivity contribution in [2.45, 2.75) is 12.8 Å². The third-order valence-electron chi connectivity index (χ3n) is 3.30. The number of carbonyl (C=O) groups is 2. The summed E-state index contributed by atoms with van der Waals surface area (Å²) < 4.78 is 4.64. The first-order valence-electron chi connectivity index (χ1n) is 7.31. The van der Waals surface area contributed by atoms with Gasteiger partial charge in [0, 0.05) is 18.7 Å². The number of hydrogen-bond acceptors (Lipinski definition) is 4. The summed E-state index contributed by atoms with van der Waals surface area (Å²) in [7, 11) is 5.28. The lowest BCUT2D eigenvalue weighted by Crippen LogP contribution is -2.35. The Kier molecular flexibility index (Phi) is 8.37. The van der Waals surface area contributed by atoms with Crippen molar-refractivity contribution in [2.75, 3.05) is 40.8 Å². The van der Waals surface area contributed by atoms with Crippen LogP contribution in [0.2, 0.25) is 10.0 Å². The number of amides is 1. The first kappa shape index (κ1) is 19.7. The molecule has 0 aliphatic heterocycles. The fraction of sp³-hybridized carbons (Fsp3) is 0.500. The number of methoxy groups -OCH3 is 1. The van der Waals surface area contributed by atoms with Crippen LogP contribution in [0.25, 0.3) is 0 Å². The summed E-state index contributed by atoms with van der Waals surface area (Å²) in [6, 6.07) is 4.77. The molecule has 0 aliphatic carbocycles. The molecule has 1 aromatic rings. The molecule has 0 saturated heterocycles. The molecule has 7 heteroatoms. The molecule has 1 rings (SSSR count). The van der Waals surface area contributed by atoms with Crippen molar-refractivity contribution in [3.05, 3.63) is 33.8 Å². The standard InChI is InChI=1S/C16H22Cl2N2O3/c1-19(2)8-4-9-20(10-7-15(21)23-3)16(22)12-5-6-13(17)14(18)11-12/h5-6,11H,4,7-10H2,1-3H3. The highest BCUT2D eigenvalue weighted by Gasteiger charge is 2.18. The molecule has 23 heavy (non-hydrogen) atoms. The second kappa shape index (κ2) is 9.75. The summed E-state index contributed by atoms with van der Waals surface area (Å²) in [5.74, 6) is -0.518. The third kappa shape index (κ3) is 6.77. The maximum Gasteiger partial charge on any atom is 0.307 e. The minimum absolute atomic E-state index is 0.158. The fourth-order valence-electron chi connectivity index (χ4n) is 2.03. The van der Waals surface area contributed by atoms with E-state index < -0.39 is 0 Å². The van der Waals surface area contributed by atoms with Crippen LogP contribution < -0.4 is 0 Å². The summed E-state index contributed by atoms with van der Waals surface area (Å²) in [6.45, 7) is 1.71. The Morgan fingerprint density at radius 1 is 1.09 bits per heavy atom. The molecule has 0 atom stereocenters. The molecule has 0 spiro atoms. The van der Waals surface area contributed by atoms with Gasteiger partial charge in [0.2, 0.25) is 0 Å². The maximum atomic E-state index is 12.6. The quantitative estimate of drug-likeness (QED) is 0.668. The van der Waals surface area contributed by atoms with Crippen LogP contribution in [0, 0.1) is 0 Å². The largest absolute Gasteiger partial charge is 0.469 e. The minimum Gasteiger partial charge on any atom is -0.469 e. The molecule has 5 nitrogen and oxygen atoms in total. The summed E-state index contributed by atoms with van der Waals surface area (Å²) in [6.07, 6.45) is 0.965. The summed E-state index contributed by atoms with van der Waals surface area (Å²) in [5.41, 5.74) is 0.453. The molecule has 0 aromatic heterocycles. The normalized spacial score (nSPS) is 10.7. The maximum absolute atomic E-state index is 12.6. The SMILES string of the molecule is COC(=O)CCN(CCCN(C)C)C(=O)c1ccc(Cl)c(Cl)c1. The van der Waals surface area contributed by atoms with E-state index in [0.29, 0.717) is 28.7 Å². The average molecular weight is 361 g/mol. The molecule has 128 valence electrons. The van der Waals surface area contributed by atoms with Gasteiger partial charge in [-0.3, -0.25) is 9.59 Å². The first-order valence-corrected chi connectivity index (χ1v) is 8.06. The molecule has 0 saturated carbocycles. The van der Waals surface area contributed by atoms with E-state index >= 15 is 0 Å². The van der Waals surface area contributed by atoms with Crippen LogP contribution in [0.15, 0.2) is 18.2 Å². The number of carbonyl (C=O) groups excluding carboxylic acids is 2.